The zero-order chi connectivity index (χ0) is 15.9. The lowest BCUT2D eigenvalue weighted by atomic mass is 10.2. The second-order valence-corrected chi connectivity index (χ2v) is 5.21. The highest BCUT2D eigenvalue weighted by molar-refractivity contribution is 6.31. The maximum atomic E-state index is 11.8. The second kappa shape index (κ2) is 7.64. The van der Waals surface area contributed by atoms with Crippen LogP contribution in [0.5, 0.6) is 0 Å². The number of nitrogens with one attached hydrogen (secondary N) is 2. The van der Waals surface area contributed by atoms with Crippen molar-refractivity contribution < 1.29 is 9.59 Å². The second-order valence-electron chi connectivity index (χ2n) is 4.34. The van der Waals surface area contributed by atoms with Crippen molar-refractivity contribution in [1.82, 2.24) is 10.9 Å². The average molecular weight is 335 g/mol. The molecule has 0 atom stereocenters. The van der Waals surface area contributed by atoms with Crippen molar-refractivity contribution in [2.75, 3.05) is 0 Å². The summed E-state index contributed by atoms with van der Waals surface area (Å²) < 4.78 is 0. The summed E-state index contributed by atoms with van der Waals surface area (Å²) >= 11 is 11.6. The third-order valence-corrected chi connectivity index (χ3v) is 3.17. The summed E-state index contributed by atoms with van der Waals surface area (Å²) in [6.07, 6.45) is 2.92. The first-order valence-corrected chi connectivity index (χ1v) is 7.10. The Morgan fingerprint density at radius 3 is 2.32 bits per heavy atom. The summed E-state index contributed by atoms with van der Waals surface area (Å²) in [4.78, 5) is 23.4. The summed E-state index contributed by atoms with van der Waals surface area (Å²) in [6, 6.07) is 13.4. The van der Waals surface area contributed by atoms with E-state index in [9.17, 15) is 9.59 Å². The lowest BCUT2D eigenvalue weighted by Crippen LogP contribution is -2.40. The van der Waals surface area contributed by atoms with Gasteiger partial charge in [-0.3, -0.25) is 20.4 Å². The molecular formula is C16H12Cl2N2O2. The van der Waals surface area contributed by atoms with Crippen molar-refractivity contribution in [3.63, 3.8) is 0 Å². The van der Waals surface area contributed by atoms with Gasteiger partial charge in [-0.2, -0.15) is 0 Å². The maximum Gasteiger partial charge on any atom is 0.269 e. The maximum absolute atomic E-state index is 11.8. The van der Waals surface area contributed by atoms with E-state index < -0.39 is 11.8 Å². The molecule has 6 heteroatoms. The molecule has 0 aliphatic rings. The van der Waals surface area contributed by atoms with E-state index in [0.717, 1.165) is 5.56 Å². The molecule has 112 valence electrons. The highest BCUT2D eigenvalue weighted by Crippen LogP contribution is 2.11. The molecule has 0 aromatic heterocycles. The van der Waals surface area contributed by atoms with Gasteiger partial charge < -0.3 is 0 Å². The van der Waals surface area contributed by atoms with Crippen molar-refractivity contribution in [3.05, 3.63) is 75.8 Å². The number of benzene rings is 2. The predicted molar refractivity (Wildman–Crippen MR) is 87.5 cm³/mol. The van der Waals surface area contributed by atoms with Crippen LogP contribution in [0.2, 0.25) is 10.0 Å². The zero-order valence-electron chi connectivity index (χ0n) is 11.3. The quantitative estimate of drug-likeness (QED) is 0.667. The molecule has 2 N–H and O–H groups in total. The molecule has 0 unspecified atom stereocenters. The molecule has 22 heavy (non-hydrogen) atoms. The first-order chi connectivity index (χ1) is 10.5. The number of rotatable bonds is 3. The average Bonchev–Trinajstić information content (AvgIpc) is 2.52. The molecule has 0 aliphatic heterocycles. The minimum absolute atomic E-state index is 0.356. The predicted octanol–water partition coefficient (Wildman–Crippen LogP) is 3.47. The number of carbonyl (C=O) groups is 2. The van der Waals surface area contributed by atoms with Gasteiger partial charge in [0.15, 0.2) is 0 Å². The van der Waals surface area contributed by atoms with Gasteiger partial charge in [0.2, 0.25) is 0 Å². The molecule has 2 amide bonds. The van der Waals surface area contributed by atoms with E-state index >= 15 is 0 Å². The van der Waals surface area contributed by atoms with Crippen LogP contribution in [0, 0.1) is 0 Å². The first-order valence-electron chi connectivity index (χ1n) is 6.34. The number of hydrogen-bond donors (Lipinski definition) is 2. The van der Waals surface area contributed by atoms with Crippen LogP contribution in [-0.4, -0.2) is 11.8 Å². The van der Waals surface area contributed by atoms with Gasteiger partial charge in [-0.05, 0) is 42.0 Å². The van der Waals surface area contributed by atoms with Gasteiger partial charge in [0, 0.05) is 21.7 Å². The summed E-state index contributed by atoms with van der Waals surface area (Å²) in [5.41, 5.74) is 5.77. The van der Waals surface area contributed by atoms with Crippen molar-refractivity contribution in [1.29, 1.82) is 0 Å². The molecule has 2 rings (SSSR count). The minimum atomic E-state index is -0.453. The van der Waals surface area contributed by atoms with Gasteiger partial charge in [-0.1, -0.05) is 41.4 Å². The van der Waals surface area contributed by atoms with Crippen LogP contribution < -0.4 is 10.9 Å². The van der Waals surface area contributed by atoms with Gasteiger partial charge in [0.25, 0.3) is 11.8 Å². The number of hydrazine groups is 1. The van der Waals surface area contributed by atoms with Gasteiger partial charge in [-0.25, -0.2) is 0 Å². The number of hydrogen-bond acceptors (Lipinski definition) is 2. The molecule has 0 aliphatic carbocycles. The fourth-order valence-electron chi connectivity index (χ4n) is 1.61. The van der Waals surface area contributed by atoms with Crippen LogP contribution in [0.4, 0.5) is 0 Å². The largest absolute Gasteiger partial charge is 0.269 e. The third kappa shape index (κ3) is 4.91. The summed E-state index contributed by atoms with van der Waals surface area (Å²) in [5, 5.41) is 1.07. The van der Waals surface area contributed by atoms with Crippen molar-refractivity contribution in [3.8, 4) is 0 Å². The monoisotopic (exact) mass is 334 g/mol. The Labute approximate surface area is 137 Å². The third-order valence-electron chi connectivity index (χ3n) is 2.68. The number of amides is 2. The Kier molecular flexibility index (Phi) is 5.58. The minimum Gasteiger partial charge on any atom is -0.268 e. The molecule has 4 nitrogen and oxygen atoms in total. The van der Waals surface area contributed by atoms with E-state index in [1.165, 1.54) is 12.1 Å². The van der Waals surface area contributed by atoms with Crippen molar-refractivity contribution >= 4 is 41.1 Å². The Balaban J connectivity index is 1.87. The lowest BCUT2D eigenvalue weighted by molar-refractivity contribution is -0.117. The van der Waals surface area contributed by atoms with Crippen molar-refractivity contribution in [2.24, 2.45) is 0 Å². The molecule has 2 aromatic rings. The zero-order valence-corrected chi connectivity index (χ0v) is 12.9. The number of carbonyl (C=O) groups excluding carboxylic acids is 2. The SMILES string of the molecule is O=C(/C=C/c1ccc(Cl)cc1)NNC(=O)c1cccc(Cl)c1. The fourth-order valence-corrected chi connectivity index (χ4v) is 1.92. The summed E-state index contributed by atoms with van der Waals surface area (Å²) in [5.74, 6) is -0.902. The van der Waals surface area contributed by atoms with E-state index in [4.69, 9.17) is 23.2 Å². The molecule has 0 fully saturated rings. The van der Waals surface area contributed by atoms with E-state index in [1.54, 1.807) is 48.5 Å². The summed E-state index contributed by atoms with van der Waals surface area (Å²) in [6.45, 7) is 0. The van der Waals surface area contributed by atoms with Gasteiger partial charge in [-0.15, -0.1) is 0 Å². The van der Waals surface area contributed by atoms with Crippen LogP contribution in [-0.2, 0) is 4.79 Å². The van der Waals surface area contributed by atoms with Crippen LogP contribution >= 0.6 is 23.2 Å². The lowest BCUT2D eigenvalue weighted by Gasteiger charge is -2.05. The van der Waals surface area contributed by atoms with Gasteiger partial charge in [0.05, 0.1) is 0 Å². The van der Waals surface area contributed by atoms with Gasteiger partial charge in [0.1, 0.15) is 0 Å². The first kappa shape index (κ1) is 16.1. The molecule has 0 saturated heterocycles. The van der Waals surface area contributed by atoms with E-state index in [2.05, 4.69) is 10.9 Å². The molecule has 0 saturated carbocycles. The molecule has 0 radical (unpaired) electrons. The molecule has 2 aromatic carbocycles. The fraction of sp³-hybridized carbons (Fsp3) is 0. The van der Waals surface area contributed by atoms with Gasteiger partial charge >= 0.3 is 0 Å². The van der Waals surface area contributed by atoms with Crippen LogP contribution in [0.25, 0.3) is 6.08 Å². The molecule has 0 bridgehead atoms. The highest BCUT2D eigenvalue weighted by Gasteiger charge is 2.06. The number of halogens is 2. The van der Waals surface area contributed by atoms with Crippen molar-refractivity contribution in [2.45, 2.75) is 0 Å². The smallest absolute Gasteiger partial charge is 0.268 e. The Bertz CT molecular complexity index is 712. The summed E-state index contributed by atoms with van der Waals surface area (Å²) in [7, 11) is 0. The Morgan fingerprint density at radius 2 is 1.64 bits per heavy atom. The molecular weight excluding hydrogens is 323 g/mol. The van der Waals surface area contributed by atoms with Crippen LogP contribution in [0.15, 0.2) is 54.6 Å². The highest BCUT2D eigenvalue weighted by atomic mass is 35.5. The van der Waals surface area contributed by atoms with E-state index in [0.29, 0.717) is 15.6 Å². The Hall–Kier alpha value is -2.30. The topological polar surface area (TPSA) is 58.2 Å². The van der Waals surface area contributed by atoms with Crippen LogP contribution in [0.1, 0.15) is 15.9 Å². The van der Waals surface area contributed by atoms with E-state index in [1.807, 2.05) is 0 Å². The standard InChI is InChI=1S/C16H12Cl2N2O2/c17-13-7-4-11(5-8-13)6-9-15(21)19-20-16(22)12-2-1-3-14(18)10-12/h1-10H,(H,19,21)(H,20,22)/b9-6+. The normalized spacial score (nSPS) is 10.5. The molecule has 0 spiro atoms. The van der Waals surface area contributed by atoms with Crippen LogP contribution in [0.3, 0.4) is 0 Å². The van der Waals surface area contributed by atoms with E-state index in [-0.39, 0.29) is 0 Å². The molecule has 0 heterocycles. The Morgan fingerprint density at radius 1 is 0.909 bits per heavy atom.